The summed E-state index contributed by atoms with van der Waals surface area (Å²) in [4.78, 5) is 34.9. The number of hydrogen-bond acceptors (Lipinski definition) is 5. The van der Waals surface area contributed by atoms with E-state index in [1.165, 1.54) is 28.5 Å². The van der Waals surface area contributed by atoms with Crippen LogP contribution in [0, 0.1) is 12.7 Å². The van der Waals surface area contributed by atoms with Crippen LogP contribution in [0.1, 0.15) is 23.7 Å². The maximum Gasteiger partial charge on any atom is 0.257 e. The number of rotatable bonds is 6. The largest absolute Gasteiger partial charge is 0.368 e. The molecule has 2 heterocycles. The third-order valence-corrected chi connectivity index (χ3v) is 7.60. The van der Waals surface area contributed by atoms with Gasteiger partial charge in [-0.1, -0.05) is 41.6 Å². The number of anilines is 1. The van der Waals surface area contributed by atoms with Crippen LogP contribution in [0.3, 0.4) is 0 Å². The van der Waals surface area contributed by atoms with Crippen molar-refractivity contribution in [3.8, 4) is 0 Å². The predicted molar refractivity (Wildman–Crippen MR) is 139 cm³/mol. The summed E-state index contributed by atoms with van der Waals surface area (Å²) < 4.78 is 14.7. The van der Waals surface area contributed by atoms with E-state index in [1.54, 1.807) is 26.1 Å². The summed E-state index contributed by atoms with van der Waals surface area (Å²) in [5.41, 5.74) is 2.94. The number of halogens is 2. The fourth-order valence-corrected chi connectivity index (χ4v) is 5.35. The fraction of sp³-hybridized carbons (Fsp3) is 0.346. The number of carbonyl (C=O) groups is 1. The molecule has 184 valence electrons. The Morgan fingerprint density at radius 1 is 1.14 bits per heavy atom. The maximum atomic E-state index is 13.2. The minimum atomic E-state index is -0.381. The molecule has 1 aliphatic rings. The molecule has 1 atom stereocenters. The van der Waals surface area contributed by atoms with E-state index in [1.807, 2.05) is 36.1 Å². The van der Waals surface area contributed by atoms with E-state index in [-0.39, 0.29) is 22.5 Å². The molecule has 0 aliphatic carbocycles. The summed E-state index contributed by atoms with van der Waals surface area (Å²) in [7, 11) is 1.67. The lowest BCUT2D eigenvalue weighted by Crippen LogP contribution is -2.50. The lowest BCUT2D eigenvalue weighted by molar-refractivity contribution is -0.130. The summed E-state index contributed by atoms with van der Waals surface area (Å²) in [6, 6.07) is 13.8. The van der Waals surface area contributed by atoms with Crippen molar-refractivity contribution in [2.24, 2.45) is 7.05 Å². The van der Waals surface area contributed by atoms with Crippen LogP contribution in [-0.4, -0.2) is 51.8 Å². The van der Waals surface area contributed by atoms with Gasteiger partial charge in [0.15, 0.2) is 5.16 Å². The zero-order valence-electron chi connectivity index (χ0n) is 20.0. The molecule has 35 heavy (non-hydrogen) atoms. The Balaban J connectivity index is 1.41. The molecule has 1 amide bonds. The number of aromatic nitrogens is 2. The quantitative estimate of drug-likeness (QED) is 0.362. The van der Waals surface area contributed by atoms with Crippen molar-refractivity contribution in [1.82, 2.24) is 14.5 Å². The first-order chi connectivity index (χ1) is 16.7. The third kappa shape index (κ3) is 5.87. The normalized spacial score (nSPS) is 14.8. The molecular formula is C26H28ClFN4O2S. The molecule has 0 N–H and O–H groups in total. The van der Waals surface area contributed by atoms with Crippen molar-refractivity contribution in [3.05, 3.63) is 86.5 Å². The minimum Gasteiger partial charge on any atom is -0.368 e. The molecule has 4 rings (SSSR count). The lowest BCUT2D eigenvalue weighted by atomic mass is 10.1. The van der Waals surface area contributed by atoms with E-state index in [4.69, 9.17) is 11.6 Å². The first kappa shape index (κ1) is 25.3. The summed E-state index contributed by atoms with van der Waals surface area (Å²) >= 11 is 7.41. The summed E-state index contributed by atoms with van der Waals surface area (Å²) in [6.45, 7) is 6.36. The number of aryl methyl sites for hydroxylation is 1. The highest BCUT2D eigenvalue weighted by atomic mass is 35.5. The Bertz CT molecular complexity index is 1270. The highest BCUT2D eigenvalue weighted by molar-refractivity contribution is 8.00. The summed E-state index contributed by atoms with van der Waals surface area (Å²) in [6.07, 6.45) is 0.377. The van der Waals surface area contributed by atoms with Crippen LogP contribution < -0.4 is 10.5 Å². The minimum absolute atomic E-state index is 0.0306. The molecular weight excluding hydrogens is 487 g/mol. The first-order valence-electron chi connectivity index (χ1n) is 11.5. The molecule has 3 aromatic rings. The number of benzene rings is 2. The molecule has 0 bridgehead atoms. The van der Waals surface area contributed by atoms with Crippen LogP contribution in [0.5, 0.6) is 0 Å². The van der Waals surface area contributed by atoms with Crippen LogP contribution in [0.15, 0.2) is 58.5 Å². The highest BCUT2D eigenvalue weighted by Gasteiger charge is 2.27. The van der Waals surface area contributed by atoms with Crippen molar-refractivity contribution >= 4 is 35.0 Å². The van der Waals surface area contributed by atoms with Crippen LogP contribution in [0.2, 0.25) is 5.02 Å². The second-order valence-electron chi connectivity index (χ2n) is 8.68. The monoisotopic (exact) mass is 514 g/mol. The molecule has 2 aromatic carbocycles. The number of amides is 1. The highest BCUT2D eigenvalue weighted by Crippen LogP contribution is 2.25. The van der Waals surface area contributed by atoms with Gasteiger partial charge in [0, 0.05) is 61.6 Å². The zero-order valence-corrected chi connectivity index (χ0v) is 21.6. The van der Waals surface area contributed by atoms with E-state index in [0.717, 1.165) is 24.3 Å². The average molecular weight is 515 g/mol. The van der Waals surface area contributed by atoms with Gasteiger partial charge in [-0.2, -0.15) is 0 Å². The van der Waals surface area contributed by atoms with Gasteiger partial charge in [-0.15, -0.1) is 0 Å². The maximum absolute atomic E-state index is 13.2. The number of carbonyl (C=O) groups excluding carboxylic acids is 1. The first-order valence-corrected chi connectivity index (χ1v) is 12.8. The molecule has 1 unspecified atom stereocenters. The fourth-order valence-electron chi connectivity index (χ4n) is 4.17. The van der Waals surface area contributed by atoms with Crippen molar-refractivity contribution in [2.45, 2.75) is 30.7 Å². The van der Waals surface area contributed by atoms with Crippen molar-refractivity contribution in [1.29, 1.82) is 0 Å². The van der Waals surface area contributed by atoms with E-state index in [2.05, 4.69) is 9.88 Å². The Hall–Kier alpha value is -2.84. The van der Waals surface area contributed by atoms with Gasteiger partial charge >= 0.3 is 0 Å². The van der Waals surface area contributed by atoms with Gasteiger partial charge in [0.1, 0.15) is 5.82 Å². The molecule has 0 radical (unpaired) electrons. The molecule has 1 aliphatic heterocycles. The van der Waals surface area contributed by atoms with Gasteiger partial charge in [-0.25, -0.2) is 9.37 Å². The van der Waals surface area contributed by atoms with Crippen LogP contribution in [0.25, 0.3) is 0 Å². The van der Waals surface area contributed by atoms with Crippen LogP contribution in [0.4, 0.5) is 10.1 Å². The number of thioether (sulfide) groups is 1. The van der Waals surface area contributed by atoms with E-state index in [0.29, 0.717) is 40.9 Å². The number of nitrogens with zero attached hydrogens (tertiary/aromatic N) is 4. The Morgan fingerprint density at radius 3 is 2.49 bits per heavy atom. The van der Waals surface area contributed by atoms with E-state index in [9.17, 15) is 14.0 Å². The zero-order chi connectivity index (χ0) is 25.1. The van der Waals surface area contributed by atoms with Crippen LogP contribution in [-0.2, 0) is 18.3 Å². The standard InChI is InChI=1S/C26H28ClFN4O2S/c1-17-23(15-19-7-9-21(28)10-8-19)25(34)30(3)26(29-17)35-18(2)24(33)32-13-11-31(12-14-32)22-6-4-5-20(27)16-22/h4-10,16,18H,11-15H2,1-3H3. The smallest absolute Gasteiger partial charge is 0.257 e. The second-order valence-corrected chi connectivity index (χ2v) is 10.4. The molecule has 9 heteroatoms. The van der Waals surface area contributed by atoms with E-state index >= 15 is 0 Å². The molecule has 1 fully saturated rings. The van der Waals surface area contributed by atoms with Crippen molar-refractivity contribution in [3.63, 3.8) is 0 Å². The SMILES string of the molecule is Cc1nc(SC(C)C(=O)N2CCN(c3cccc(Cl)c3)CC2)n(C)c(=O)c1Cc1ccc(F)cc1. The lowest BCUT2D eigenvalue weighted by Gasteiger charge is -2.37. The summed E-state index contributed by atoms with van der Waals surface area (Å²) in [5, 5.41) is 0.824. The molecule has 1 saturated heterocycles. The third-order valence-electron chi connectivity index (χ3n) is 6.24. The average Bonchev–Trinajstić information content (AvgIpc) is 2.85. The number of piperazine rings is 1. The Morgan fingerprint density at radius 2 is 1.83 bits per heavy atom. The second kappa shape index (κ2) is 10.8. The van der Waals surface area contributed by atoms with Gasteiger partial charge < -0.3 is 9.80 Å². The van der Waals surface area contributed by atoms with E-state index < -0.39 is 0 Å². The Kier molecular flexibility index (Phi) is 7.82. The van der Waals surface area contributed by atoms with Gasteiger partial charge in [-0.3, -0.25) is 14.2 Å². The Labute approximate surface area is 213 Å². The van der Waals surface area contributed by atoms with Crippen molar-refractivity contribution in [2.75, 3.05) is 31.1 Å². The topological polar surface area (TPSA) is 58.4 Å². The van der Waals surface area contributed by atoms with Gasteiger partial charge in [0.05, 0.1) is 5.25 Å². The molecule has 0 saturated carbocycles. The van der Waals surface area contributed by atoms with Gasteiger partial charge in [0.25, 0.3) is 5.56 Å². The van der Waals surface area contributed by atoms with Gasteiger partial charge in [-0.05, 0) is 49.7 Å². The van der Waals surface area contributed by atoms with Crippen molar-refractivity contribution < 1.29 is 9.18 Å². The molecule has 1 aromatic heterocycles. The summed E-state index contributed by atoms with van der Waals surface area (Å²) in [5.74, 6) is -0.282. The van der Waals surface area contributed by atoms with Crippen LogP contribution >= 0.6 is 23.4 Å². The molecule has 6 nitrogen and oxygen atoms in total. The number of hydrogen-bond donors (Lipinski definition) is 0. The molecule has 0 spiro atoms. The predicted octanol–water partition coefficient (Wildman–Crippen LogP) is 4.30. The van der Waals surface area contributed by atoms with Gasteiger partial charge in [0.2, 0.25) is 5.91 Å².